The molecule has 0 aliphatic carbocycles. The van der Waals surface area contributed by atoms with Crippen molar-refractivity contribution in [3.05, 3.63) is 68.3 Å². The minimum Gasteiger partial charge on any atom is -0.505 e. The summed E-state index contributed by atoms with van der Waals surface area (Å²) in [5.41, 5.74) is 4.30. The third-order valence-electron chi connectivity index (χ3n) is 4.54. The minimum absolute atomic E-state index is 0.0970. The molecule has 5 nitrogen and oxygen atoms in total. The smallest absolute Gasteiger partial charge is 0.343 e. The molecule has 1 N–H and O–H groups in total. The molecule has 1 aliphatic rings. The third-order valence-corrected chi connectivity index (χ3v) is 5.35. The first kappa shape index (κ1) is 20.2. The Bertz CT molecular complexity index is 1060. The number of rotatable bonds is 4. The van der Waals surface area contributed by atoms with Crippen molar-refractivity contribution in [1.82, 2.24) is 4.57 Å². The second-order valence-corrected chi connectivity index (χ2v) is 7.19. The molecule has 1 aromatic heterocycles. The number of aromatic nitrogens is 1. The molecule has 7 heteroatoms. The van der Waals surface area contributed by atoms with E-state index in [0.29, 0.717) is 21.5 Å². The van der Waals surface area contributed by atoms with Crippen LogP contribution in [-0.2, 0) is 9.53 Å². The molecule has 0 unspecified atom stereocenters. The minimum atomic E-state index is -0.583. The van der Waals surface area contributed by atoms with Crippen LogP contribution in [0.3, 0.4) is 0 Å². The lowest BCUT2D eigenvalue weighted by Crippen LogP contribution is -2.13. The predicted molar refractivity (Wildman–Crippen MR) is 113 cm³/mol. The van der Waals surface area contributed by atoms with Crippen LogP contribution in [0.4, 0.5) is 0 Å². The van der Waals surface area contributed by atoms with Gasteiger partial charge in [-0.3, -0.25) is 0 Å². The van der Waals surface area contributed by atoms with Crippen LogP contribution in [0.5, 0.6) is 0 Å². The van der Waals surface area contributed by atoms with Gasteiger partial charge in [-0.2, -0.15) is 0 Å². The summed E-state index contributed by atoms with van der Waals surface area (Å²) < 4.78 is 6.98. The van der Waals surface area contributed by atoms with Gasteiger partial charge in [-0.25, -0.2) is 9.79 Å². The maximum Gasteiger partial charge on any atom is 0.343 e. The molecule has 0 bridgehead atoms. The van der Waals surface area contributed by atoms with Crippen LogP contribution < -0.4 is 0 Å². The summed E-state index contributed by atoms with van der Waals surface area (Å²) in [4.78, 5) is 16.4. The average Bonchev–Trinajstić information content (AvgIpc) is 3.06. The van der Waals surface area contributed by atoms with Gasteiger partial charge in [0.15, 0.2) is 5.76 Å². The second-order valence-electron chi connectivity index (χ2n) is 6.41. The van der Waals surface area contributed by atoms with E-state index < -0.39 is 5.97 Å². The summed E-state index contributed by atoms with van der Waals surface area (Å²) in [5.74, 6) is -0.762. The Hall–Kier alpha value is -2.50. The lowest BCUT2D eigenvalue weighted by atomic mass is 10.1. The summed E-state index contributed by atoms with van der Waals surface area (Å²) in [6.45, 7) is 7.50. The number of hydrogen-bond acceptors (Lipinski definition) is 4. The van der Waals surface area contributed by atoms with E-state index in [2.05, 4.69) is 4.99 Å². The molecule has 2 heterocycles. The van der Waals surface area contributed by atoms with Crippen LogP contribution in [0.25, 0.3) is 11.8 Å². The van der Waals surface area contributed by atoms with Crippen molar-refractivity contribution in [2.24, 2.45) is 4.99 Å². The number of carbonyl (C=O) groups is 1. The number of aliphatic hydroxyl groups is 1. The molecule has 0 saturated carbocycles. The van der Waals surface area contributed by atoms with E-state index in [1.807, 2.05) is 36.6 Å². The zero-order valence-corrected chi connectivity index (χ0v) is 17.5. The molecule has 146 valence electrons. The van der Waals surface area contributed by atoms with Crippen molar-refractivity contribution < 1.29 is 14.6 Å². The number of halogens is 2. The molecule has 1 aliphatic heterocycles. The molecule has 0 atom stereocenters. The topological polar surface area (TPSA) is 63.8 Å². The second kappa shape index (κ2) is 7.86. The predicted octanol–water partition coefficient (Wildman–Crippen LogP) is 5.59. The van der Waals surface area contributed by atoms with Crippen molar-refractivity contribution in [3.8, 4) is 5.69 Å². The molecule has 0 spiro atoms. The van der Waals surface area contributed by atoms with Gasteiger partial charge in [0.2, 0.25) is 0 Å². The summed E-state index contributed by atoms with van der Waals surface area (Å²) >= 11 is 12.5. The maximum atomic E-state index is 12.1. The molecule has 0 amide bonds. The first-order valence-electron chi connectivity index (χ1n) is 8.77. The Morgan fingerprint density at radius 3 is 2.68 bits per heavy atom. The Balaban J connectivity index is 2.08. The average molecular weight is 419 g/mol. The summed E-state index contributed by atoms with van der Waals surface area (Å²) in [5, 5.41) is 11.4. The summed E-state index contributed by atoms with van der Waals surface area (Å²) in [6, 6.07) is 7.42. The van der Waals surface area contributed by atoms with Gasteiger partial charge >= 0.3 is 5.97 Å². The number of nitrogens with zero attached hydrogens (tertiary/aromatic N) is 2. The lowest BCUT2D eigenvalue weighted by Gasteiger charge is -2.12. The molecule has 3 rings (SSSR count). The van der Waals surface area contributed by atoms with E-state index in [1.165, 1.54) is 0 Å². The molecule has 2 aromatic rings. The van der Waals surface area contributed by atoms with Crippen molar-refractivity contribution in [2.75, 3.05) is 6.61 Å². The Morgan fingerprint density at radius 1 is 1.29 bits per heavy atom. The number of carbonyl (C=O) groups excluding carboxylic acids is 1. The van der Waals surface area contributed by atoms with E-state index >= 15 is 0 Å². The van der Waals surface area contributed by atoms with Crippen molar-refractivity contribution in [2.45, 2.75) is 27.7 Å². The highest BCUT2D eigenvalue weighted by atomic mass is 35.5. The van der Waals surface area contributed by atoms with Crippen LogP contribution >= 0.6 is 23.2 Å². The number of aliphatic hydroxyl groups excluding tert-OH is 1. The van der Waals surface area contributed by atoms with Gasteiger partial charge in [0.1, 0.15) is 11.3 Å². The van der Waals surface area contributed by atoms with Crippen LogP contribution in [0, 0.1) is 13.8 Å². The summed E-state index contributed by atoms with van der Waals surface area (Å²) in [6.07, 6.45) is 1.74. The summed E-state index contributed by atoms with van der Waals surface area (Å²) in [7, 11) is 0. The van der Waals surface area contributed by atoms with Crippen LogP contribution in [0.15, 0.2) is 46.3 Å². The van der Waals surface area contributed by atoms with E-state index in [-0.39, 0.29) is 17.9 Å². The number of aliphatic imine (C=N–C) groups is 1. The van der Waals surface area contributed by atoms with Crippen molar-refractivity contribution in [1.29, 1.82) is 0 Å². The SMILES string of the molecule is CCOC(=O)C1=C(O)C(=Cc2cc(C)n(-c3cccc(Cl)c3Cl)c2C)N=C1C. The fourth-order valence-corrected chi connectivity index (χ4v) is 3.63. The monoisotopic (exact) mass is 418 g/mol. The van der Waals surface area contributed by atoms with Crippen LogP contribution in [0.1, 0.15) is 30.8 Å². The van der Waals surface area contributed by atoms with E-state index in [0.717, 1.165) is 22.6 Å². The molecule has 0 radical (unpaired) electrons. The van der Waals surface area contributed by atoms with Gasteiger partial charge in [-0.15, -0.1) is 0 Å². The largest absolute Gasteiger partial charge is 0.505 e. The lowest BCUT2D eigenvalue weighted by molar-refractivity contribution is -0.138. The van der Waals surface area contributed by atoms with E-state index in [4.69, 9.17) is 27.9 Å². The van der Waals surface area contributed by atoms with Crippen molar-refractivity contribution >= 4 is 41.0 Å². The maximum absolute atomic E-state index is 12.1. The van der Waals surface area contributed by atoms with E-state index in [9.17, 15) is 9.90 Å². The molecule has 1 aromatic carbocycles. The normalized spacial score (nSPS) is 15.4. The standard InChI is InChI=1S/C21H20Cl2N2O3/c1-5-28-21(27)18-12(3)24-16(20(18)26)10-14-9-11(2)25(13(14)4)17-8-6-7-15(22)19(17)23/h6-10,26H,5H2,1-4H3. The number of hydrogen-bond donors (Lipinski definition) is 1. The molecular weight excluding hydrogens is 399 g/mol. The highest BCUT2D eigenvalue weighted by Crippen LogP contribution is 2.33. The van der Waals surface area contributed by atoms with Gasteiger partial charge in [0.05, 0.1) is 28.1 Å². The molecule has 0 saturated heterocycles. The first-order valence-corrected chi connectivity index (χ1v) is 9.53. The zero-order chi connectivity index (χ0) is 20.6. The number of benzene rings is 1. The fraction of sp³-hybridized carbons (Fsp3) is 0.238. The molecule has 28 heavy (non-hydrogen) atoms. The Kier molecular flexibility index (Phi) is 5.68. The van der Waals surface area contributed by atoms with E-state index in [1.54, 1.807) is 26.0 Å². The quantitative estimate of drug-likeness (QED) is 0.657. The van der Waals surface area contributed by atoms with Gasteiger partial charge in [-0.1, -0.05) is 29.3 Å². The third kappa shape index (κ3) is 3.48. The Labute approximate surface area is 173 Å². The highest BCUT2D eigenvalue weighted by molar-refractivity contribution is 6.43. The molecular formula is C21H20Cl2N2O3. The van der Waals surface area contributed by atoms with Crippen molar-refractivity contribution in [3.63, 3.8) is 0 Å². The highest BCUT2D eigenvalue weighted by Gasteiger charge is 2.28. The van der Waals surface area contributed by atoms with Gasteiger partial charge < -0.3 is 14.4 Å². The van der Waals surface area contributed by atoms with Gasteiger partial charge in [0.25, 0.3) is 0 Å². The first-order chi connectivity index (χ1) is 13.3. The number of aryl methyl sites for hydroxylation is 1. The van der Waals surface area contributed by atoms with Gasteiger partial charge in [-0.05, 0) is 57.5 Å². The van der Waals surface area contributed by atoms with Gasteiger partial charge in [0, 0.05) is 11.4 Å². The zero-order valence-electron chi connectivity index (χ0n) is 16.0. The molecule has 0 fully saturated rings. The number of ether oxygens (including phenoxy) is 1. The number of esters is 1. The van der Waals surface area contributed by atoms with Crippen LogP contribution in [0.2, 0.25) is 10.0 Å². The Morgan fingerprint density at radius 2 is 2.00 bits per heavy atom. The van der Waals surface area contributed by atoms with Crippen LogP contribution in [-0.4, -0.2) is 28.0 Å². The fourth-order valence-electron chi connectivity index (χ4n) is 3.25.